The number of ether oxygens (including phenoxy) is 1. The molecule has 0 aromatic rings. The number of aliphatic hydroxyl groups excluding tert-OH is 1. The Bertz CT molecular complexity index is 469. The van der Waals surface area contributed by atoms with E-state index in [4.69, 9.17) is 9.84 Å². The van der Waals surface area contributed by atoms with Gasteiger partial charge in [0.05, 0.1) is 0 Å². The van der Waals surface area contributed by atoms with Crippen molar-refractivity contribution in [3.8, 4) is 0 Å². The molecular weight excluding hydrogens is 488 g/mol. The van der Waals surface area contributed by atoms with Crippen molar-refractivity contribution in [3.63, 3.8) is 0 Å². The summed E-state index contributed by atoms with van der Waals surface area (Å²) in [4.78, 5) is 11.4. The molecule has 0 aliphatic heterocycles. The Labute approximate surface area is 243 Å². The number of esters is 1. The van der Waals surface area contributed by atoms with Crippen LogP contribution in [0.25, 0.3) is 0 Å². The molecule has 0 bridgehead atoms. The molecule has 0 aliphatic rings. The van der Waals surface area contributed by atoms with Crippen molar-refractivity contribution in [2.45, 2.75) is 187 Å². The first-order chi connectivity index (χ1) is 18.6. The van der Waals surface area contributed by atoms with E-state index in [1.165, 1.54) is 154 Å². The van der Waals surface area contributed by atoms with Crippen LogP contribution in [-0.4, -0.2) is 35.3 Å². The molecule has 0 rings (SSSR count). The highest BCUT2D eigenvalue weighted by Gasteiger charge is 2.12. The lowest BCUT2D eigenvalue weighted by Gasteiger charge is -2.16. The van der Waals surface area contributed by atoms with Crippen LogP contribution in [0.2, 0.25) is 0 Å². The Kier molecular flexibility index (Phi) is 31.1. The molecule has 4 heteroatoms. The van der Waals surface area contributed by atoms with Gasteiger partial charge in [-0.2, -0.15) is 11.8 Å². The molecule has 0 radical (unpaired) electrons. The quantitative estimate of drug-likeness (QED) is 0.0681. The van der Waals surface area contributed by atoms with E-state index < -0.39 is 12.6 Å². The van der Waals surface area contributed by atoms with Crippen LogP contribution < -0.4 is 0 Å². The maximum Gasteiger partial charge on any atom is 0.331 e. The number of carbonyl (C=O) groups is 1. The van der Waals surface area contributed by atoms with Gasteiger partial charge in [0.2, 0.25) is 0 Å². The van der Waals surface area contributed by atoms with Crippen molar-refractivity contribution in [1.82, 2.24) is 0 Å². The molecule has 0 aromatic heterocycles. The van der Waals surface area contributed by atoms with Crippen molar-refractivity contribution in [3.05, 3.63) is 0 Å². The minimum absolute atomic E-state index is 0.384. The number of carbonyl (C=O) groups excluding carboxylic acids is 1. The van der Waals surface area contributed by atoms with Crippen LogP contribution in [-0.2, 0) is 9.53 Å². The second-order valence-electron chi connectivity index (χ2n) is 12.1. The summed E-state index contributed by atoms with van der Waals surface area (Å²) in [7, 11) is 0. The Morgan fingerprint density at radius 1 is 0.605 bits per heavy atom. The second kappa shape index (κ2) is 31.3. The Morgan fingerprint density at radius 2 is 1.00 bits per heavy atom. The first-order valence-corrected chi connectivity index (χ1v) is 18.0. The predicted octanol–water partition coefficient (Wildman–Crippen LogP) is 11.1. The van der Waals surface area contributed by atoms with Gasteiger partial charge in [-0.25, -0.2) is 4.79 Å². The summed E-state index contributed by atoms with van der Waals surface area (Å²) in [5, 5.41) is 9.35. The molecule has 0 fully saturated rings. The number of thioether (sulfide) groups is 1. The lowest BCUT2D eigenvalue weighted by molar-refractivity contribution is -0.146. The average molecular weight is 557 g/mol. The molecule has 0 aliphatic carbocycles. The minimum atomic E-state index is -0.506. The fraction of sp³-hybridized carbons (Fsp3) is 0.971. The van der Waals surface area contributed by atoms with Crippen molar-refractivity contribution in [2.24, 2.45) is 5.92 Å². The SMILES string of the molecule is CCCCCCCCCCCCC(COC(=O)CO)SCCCCCCCCCCCCCCCC(C)C. The van der Waals surface area contributed by atoms with Crippen LogP contribution in [0.1, 0.15) is 181 Å². The van der Waals surface area contributed by atoms with Gasteiger partial charge in [0.15, 0.2) is 0 Å². The highest BCUT2D eigenvalue weighted by Crippen LogP contribution is 2.22. The van der Waals surface area contributed by atoms with Crippen molar-refractivity contribution in [1.29, 1.82) is 0 Å². The fourth-order valence-electron chi connectivity index (χ4n) is 5.15. The molecule has 3 nitrogen and oxygen atoms in total. The van der Waals surface area contributed by atoms with Gasteiger partial charge in [-0.15, -0.1) is 0 Å². The molecule has 0 aromatic carbocycles. The molecule has 0 amide bonds. The average Bonchev–Trinajstić information content (AvgIpc) is 2.91. The number of hydrogen-bond acceptors (Lipinski definition) is 4. The van der Waals surface area contributed by atoms with E-state index in [2.05, 4.69) is 20.8 Å². The number of rotatable bonds is 31. The largest absolute Gasteiger partial charge is 0.463 e. The molecule has 1 unspecified atom stereocenters. The summed E-state index contributed by atoms with van der Waals surface area (Å²) in [6.07, 6.45) is 34.2. The molecule has 0 heterocycles. The predicted molar refractivity (Wildman–Crippen MR) is 170 cm³/mol. The van der Waals surface area contributed by atoms with Gasteiger partial charge in [0.1, 0.15) is 13.2 Å². The van der Waals surface area contributed by atoms with Crippen molar-refractivity contribution in [2.75, 3.05) is 19.0 Å². The smallest absolute Gasteiger partial charge is 0.331 e. The van der Waals surface area contributed by atoms with Gasteiger partial charge in [-0.3, -0.25) is 0 Å². The highest BCUT2D eigenvalue weighted by atomic mass is 32.2. The molecule has 0 saturated carbocycles. The second-order valence-corrected chi connectivity index (χ2v) is 13.5. The summed E-state index contributed by atoms with van der Waals surface area (Å²) < 4.78 is 5.27. The topological polar surface area (TPSA) is 46.5 Å². The lowest BCUT2D eigenvalue weighted by atomic mass is 10.0. The van der Waals surface area contributed by atoms with Gasteiger partial charge in [0, 0.05) is 5.25 Å². The van der Waals surface area contributed by atoms with E-state index in [1.54, 1.807) is 0 Å². The van der Waals surface area contributed by atoms with E-state index in [-0.39, 0.29) is 0 Å². The highest BCUT2D eigenvalue weighted by molar-refractivity contribution is 7.99. The third kappa shape index (κ3) is 30.3. The third-order valence-corrected chi connectivity index (χ3v) is 9.09. The number of hydrogen-bond donors (Lipinski definition) is 1. The minimum Gasteiger partial charge on any atom is -0.463 e. The zero-order valence-electron chi connectivity index (χ0n) is 26.1. The van der Waals surface area contributed by atoms with Gasteiger partial charge in [0.25, 0.3) is 0 Å². The van der Waals surface area contributed by atoms with Gasteiger partial charge >= 0.3 is 5.97 Å². The Balaban J connectivity index is 3.64. The van der Waals surface area contributed by atoms with Crippen LogP contribution in [0.4, 0.5) is 0 Å². The molecule has 1 atom stereocenters. The van der Waals surface area contributed by atoms with Crippen LogP contribution in [0, 0.1) is 5.92 Å². The molecule has 0 saturated heterocycles. The van der Waals surface area contributed by atoms with E-state index >= 15 is 0 Å². The Hall–Kier alpha value is -0.220. The van der Waals surface area contributed by atoms with Crippen molar-refractivity contribution >= 4 is 17.7 Å². The summed E-state index contributed by atoms with van der Waals surface area (Å²) in [6.45, 7) is 6.89. The first kappa shape index (κ1) is 37.8. The fourth-order valence-corrected chi connectivity index (χ4v) is 6.36. The van der Waals surface area contributed by atoms with Crippen LogP contribution >= 0.6 is 11.8 Å². The maximum absolute atomic E-state index is 11.4. The normalized spacial score (nSPS) is 12.3. The van der Waals surface area contributed by atoms with E-state index in [9.17, 15) is 4.79 Å². The standard InChI is InChI=1S/C34H68O3S/c1-4-5-6-7-8-9-16-19-22-25-28-33(31-37-34(36)30-35)38-29-26-23-20-17-14-12-10-11-13-15-18-21-24-27-32(2)3/h32-33,35H,4-31H2,1-3H3. The summed E-state index contributed by atoms with van der Waals surface area (Å²) in [5.41, 5.74) is 0. The van der Waals surface area contributed by atoms with Crippen LogP contribution in [0.15, 0.2) is 0 Å². The van der Waals surface area contributed by atoms with E-state index in [0.717, 1.165) is 18.1 Å². The maximum atomic E-state index is 11.4. The number of unbranched alkanes of at least 4 members (excludes halogenated alkanes) is 21. The van der Waals surface area contributed by atoms with E-state index in [0.29, 0.717) is 11.9 Å². The summed E-state index contributed by atoms with van der Waals surface area (Å²) >= 11 is 1.98. The van der Waals surface area contributed by atoms with Crippen LogP contribution in [0.3, 0.4) is 0 Å². The summed E-state index contributed by atoms with van der Waals surface area (Å²) in [6, 6.07) is 0. The third-order valence-electron chi connectivity index (χ3n) is 7.72. The van der Waals surface area contributed by atoms with E-state index in [1.807, 2.05) is 11.8 Å². The monoisotopic (exact) mass is 556 g/mol. The molecular formula is C34H68O3S. The zero-order valence-corrected chi connectivity index (χ0v) is 26.9. The van der Waals surface area contributed by atoms with Gasteiger partial charge in [-0.05, 0) is 24.5 Å². The molecule has 38 heavy (non-hydrogen) atoms. The Morgan fingerprint density at radius 3 is 1.42 bits per heavy atom. The summed E-state index contributed by atoms with van der Waals surface area (Å²) in [5.74, 6) is 1.55. The number of aliphatic hydroxyl groups is 1. The zero-order chi connectivity index (χ0) is 27.9. The molecule has 1 N–H and O–H groups in total. The van der Waals surface area contributed by atoms with Crippen molar-refractivity contribution < 1.29 is 14.6 Å². The molecule has 228 valence electrons. The van der Waals surface area contributed by atoms with Gasteiger partial charge in [-0.1, -0.05) is 168 Å². The van der Waals surface area contributed by atoms with Gasteiger partial charge < -0.3 is 9.84 Å². The lowest BCUT2D eigenvalue weighted by Crippen LogP contribution is -2.18. The molecule has 0 spiro atoms. The van der Waals surface area contributed by atoms with Crippen LogP contribution in [0.5, 0.6) is 0 Å². The first-order valence-electron chi connectivity index (χ1n) is 17.0.